The van der Waals surface area contributed by atoms with Gasteiger partial charge in [-0.3, -0.25) is 4.57 Å². The second-order valence-electron chi connectivity index (χ2n) is 5.49. The van der Waals surface area contributed by atoms with E-state index in [-0.39, 0.29) is 16.5 Å². The summed E-state index contributed by atoms with van der Waals surface area (Å²) in [6.45, 7) is 0. The summed E-state index contributed by atoms with van der Waals surface area (Å²) in [6.07, 6.45) is 3.11. The van der Waals surface area contributed by atoms with Crippen LogP contribution in [0.15, 0.2) is 48.8 Å². The first kappa shape index (κ1) is 16.2. The fourth-order valence-electron chi connectivity index (χ4n) is 2.70. The van der Waals surface area contributed by atoms with E-state index >= 15 is 0 Å². The zero-order valence-corrected chi connectivity index (χ0v) is 14.3. The van der Waals surface area contributed by atoms with E-state index in [1.807, 2.05) is 24.3 Å². The Morgan fingerprint density at radius 3 is 2.46 bits per heavy atom. The van der Waals surface area contributed by atoms with Crippen LogP contribution in [0.1, 0.15) is 0 Å². The van der Waals surface area contributed by atoms with Crippen molar-refractivity contribution >= 4 is 22.9 Å². The van der Waals surface area contributed by atoms with Crippen LogP contribution in [0, 0.1) is 0 Å². The molecule has 0 amide bonds. The highest BCUT2D eigenvalue weighted by molar-refractivity contribution is 6.32. The number of phenolic OH excluding ortho intramolecular Hbond substituents is 2. The summed E-state index contributed by atoms with van der Waals surface area (Å²) in [6, 6.07) is 9.94. The van der Waals surface area contributed by atoms with Gasteiger partial charge in [-0.15, -0.1) is 0 Å². The van der Waals surface area contributed by atoms with Gasteiger partial charge in [-0.25, -0.2) is 15.0 Å². The molecule has 0 atom stereocenters. The van der Waals surface area contributed by atoms with Gasteiger partial charge in [0.2, 0.25) is 0 Å². The molecular weight excluding hydrogens is 356 g/mol. The fraction of sp³-hybridized carbons (Fsp3) is 0.0556. The van der Waals surface area contributed by atoms with E-state index in [0.29, 0.717) is 28.4 Å². The van der Waals surface area contributed by atoms with Gasteiger partial charge >= 0.3 is 0 Å². The molecule has 4 rings (SSSR count). The predicted octanol–water partition coefficient (Wildman–Crippen LogP) is 3.56. The van der Waals surface area contributed by atoms with Crippen molar-refractivity contribution in [2.45, 2.75) is 0 Å². The lowest BCUT2D eigenvalue weighted by molar-refractivity contribution is 0.415. The van der Waals surface area contributed by atoms with Crippen molar-refractivity contribution in [1.29, 1.82) is 0 Å². The lowest BCUT2D eigenvalue weighted by Gasteiger charge is -2.11. The molecule has 26 heavy (non-hydrogen) atoms. The Morgan fingerprint density at radius 2 is 1.73 bits per heavy atom. The minimum absolute atomic E-state index is 0.104. The molecule has 8 heteroatoms. The van der Waals surface area contributed by atoms with Crippen LogP contribution in [0.3, 0.4) is 0 Å². The molecule has 2 aromatic carbocycles. The molecule has 0 radical (unpaired) electrons. The molecule has 0 aliphatic carbocycles. The molecular formula is C18H13ClN4O3. The van der Waals surface area contributed by atoms with E-state index in [9.17, 15) is 10.2 Å². The number of hydrogen-bond acceptors (Lipinski definition) is 6. The highest BCUT2D eigenvalue weighted by Crippen LogP contribution is 2.38. The van der Waals surface area contributed by atoms with Crippen LogP contribution in [0.4, 0.5) is 0 Å². The zero-order valence-electron chi connectivity index (χ0n) is 13.6. The first-order chi connectivity index (χ1) is 12.6. The second-order valence-corrected chi connectivity index (χ2v) is 5.90. The normalized spacial score (nSPS) is 11.0. The predicted molar refractivity (Wildman–Crippen MR) is 97.0 cm³/mol. The minimum atomic E-state index is -0.212. The summed E-state index contributed by atoms with van der Waals surface area (Å²) in [5.41, 5.74) is 2.05. The molecule has 0 bridgehead atoms. The molecule has 2 N–H and O–H groups in total. The number of phenols is 2. The van der Waals surface area contributed by atoms with E-state index in [1.165, 1.54) is 12.1 Å². The Bertz CT molecular complexity index is 1110. The maximum absolute atomic E-state index is 10.3. The van der Waals surface area contributed by atoms with Gasteiger partial charge in [-0.2, -0.15) is 0 Å². The van der Waals surface area contributed by atoms with E-state index in [0.717, 1.165) is 5.69 Å². The summed E-state index contributed by atoms with van der Waals surface area (Å²) < 4.78 is 6.95. The first-order valence-corrected chi connectivity index (χ1v) is 8.02. The summed E-state index contributed by atoms with van der Waals surface area (Å²) in [5, 5.41) is 20.1. The number of nitrogens with zero attached hydrogens (tertiary/aromatic N) is 4. The highest BCUT2D eigenvalue weighted by atomic mass is 35.5. The van der Waals surface area contributed by atoms with Crippen LogP contribution in [0.2, 0.25) is 5.02 Å². The topological polar surface area (TPSA) is 93.3 Å². The summed E-state index contributed by atoms with van der Waals surface area (Å²) in [5.74, 6) is 0.741. The molecule has 0 aliphatic heterocycles. The van der Waals surface area contributed by atoms with Crippen molar-refractivity contribution in [3.63, 3.8) is 0 Å². The maximum Gasteiger partial charge on any atom is 0.198 e. The molecule has 7 nitrogen and oxygen atoms in total. The summed E-state index contributed by atoms with van der Waals surface area (Å²) in [7, 11) is 1.59. The lowest BCUT2D eigenvalue weighted by atomic mass is 10.1. The van der Waals surface area contributed by atoms with Gasteiger partial charge in [-0.05, 0) is 30.3 Å². The van der Waals surface area contributed by atoms with Crippen molar-refractivity contribution in [1.82, 2.24) is 19.5 Å². The van der Waals surface area contributed by atoms with Crippen LogP contribution in [-0.2, 0) is 0 Å². The number of methoxy groups -OCH3 is 1. The van der Waals surface area contributed by atoms with E-state index in [1.54, 1.807) is 24.1 Å². The molecule has 0 fully saturated rings. The zero-order chi connectivity index (χ0) is 18.3. The molecule has 4 aromatic rings. The molecule has 0 saturated carbocycles. The third-order valence-electron chi connectivity index (χ3n) is 3.93. The Balaban J connectivity index is 2.02. The van der Waals surface area contributed by atoms with Gasteiger partial charge in [0.1, 0.15) is 17.2 Å². The standard InChI is InChI=1S/C18H13ClN4O3/c1-26-11-4-2-10(3-5-11)23-17(22-16-18(23)21-7-6-20-16)12-8-13(19)15(25)9-14(12)24/h2-9,24-25H,1H3. The van der Waals surface area contributed by atoms with Gasteiger partial charge in [0.15, 0.2) is 17.1 Å². The van der Waals surface area contributed by atoms with E-state index in [4.69, 9.17) is 16.3 Å². The number of aromatic nitrogens is 4. The Kier molecular flexibility index (Phi) is 3.85. The van der Waals surface area contributed by atoms with Crippen LogP contribution >= 0.6 is 11.6 Å². The van der Waals surface area contributed by atoms with Crippen LogP contribution < -0.4 is 4.74 Å². The Labute approximate surface area is 153 Å². The van der Waals surface area contributed by atoms with Crippen molar-refractivity contribution in [2.24, 2.45) is 0 Å². The highest BCUT2D eigenvalue weighted by Gasteiger charge is 2.20. The second kappa shape index (κ2) is 6.20. The maximum atomic E-state index is 10.3. The third-order valence-corrected chi connectivity index (χ3v) is 4.24. The van der Waals surface area contributed by atoms with Gasteiger partial charge in [0, 0.05) is 24.1 Å². The van der Waals surface area contributed by atoms with Crippen molar-refractivity contribution in [3.05, 3.63) is 53.8 Å². The number of rotatable bonds is 3. The number of fused-ring (bicyclic) bond motifs is 1. The lowest BCUT2D eigenvalue weighted by Crippen LogP contribution is -1.99. The minimum Gasteiger partial charge on any atom is -0.507 e. The molecule has 130 valence electrons. The van der Waals surface area contributed by atoms with Crippen molar-refractivity contribution in [3.8, 4) is 34.3 Å². The number of aromatic hydroxyl groups is 2. The number of hydrogen-bond donors (Lipinski definition) is 2. The van der Waals surface area contributed by atoms with E-state index in [2.05, 4.69) is 15.0 Å². The number of ether oxygens (including phenoxy) is 1. The van der Waals surface area contributed by atoms with Crippen LogP contribution in [0.25, 0.3) is 28.4 Å². The molecule has 0 unspecified atom stereocenters. The van der Waals surface area contributed by atoms with Crippen LogP contribution in [-0.4, -0.2) is 36.8 Å². The summed E-state index contributed by atoms with van der Waals surface area (Å²) >= 11 is 6.03. The average Bonchev–Trinajstić information content (AvgIpc) is 3.04. The van der Waals surface area contributed by atoms with Crippen LogP contribution in [0.5, 0.6) is 17.2 Å². The Morgan fingerprint density at radius 1 is 1.00 bits per heavy atom. The van der Waals surface area contributed by atoms with Gasteiger partial charge in [0.25, 0.3) is 0 Å². The number of imidazole rings is 1. The smallest absolute Gasteiger partial charge is 0.198 e. The first-order valence-electron chi connectivity index (χ1n) is 7.64. The monoisotopic (exact) mass is 368 g/mol. The van der Waals surface area contributed by atoms with E-state index < -0.39 is 0 Å². The number of benzene rings is 2. The van der Waals surface area contributed by atoms with Gasteiger partial charge < -0.3 is 14.9 Å². The van der Waals surface area contributed by atoms with Crippen molar-refractivity contribution < 1.29 is 14.9 Å². The average molecular weight is 369 g/mol. The molecule has 0 spiro atoms. The van der Waals surface area contributed by atoms with Crippen molar-refractivity contribution in [2.75, 3.05) is 7.11 Å². The van der Waals surface area contributed by atoms with Gasteiger partial charge in [0.05, 0.1) is 17.7 Å². The molecule has 0 aliphatic rings. The number of halogens is 1. The largest absolute Gasteiger partial charge is 0.507 e. The Hall–Kier alpha value is -3.32. The third kappa shape index (κ3) is 2.58. The molecule has 2 heterocycles. The SMILES string of the molecule is COc1ccc(-n2c(-c3cc(Cl)c(O)cc3O)nc3nccnc32)cc1. The fourth-order valence-corrected chi connectivity index (χ4v) is 2.86. The molecule has 2 aromatic heterocycles. The molecule has 0 saturated heterocycles. The summed E-state index contributed by atoms with van der Waals surface area (Å²) in [4.78, 5) is 13.1. The van der Waals surface area contributed by atoms with Gasteiger partial charge in [-0.1, -0.05) is 11.6 Å². The quantitative estimate of drug-likeness (QED) is 0.574.